The number of carbonyl (C=O) groups is 1. The van der Waals surface area contributed by atoms with Gasteiger partial charge in [0.05, 0.1) is 0 Å². The average Bonchev–Trinajstić information content (AvgIpc) is 2.38. The van der Waals surface area contributed by atoms with E-state index in [0.29, 0.717) is 11.8 Å². The van der Waals surface area contributed by atoms with E-state index in [-0.39, 0.29) is 16.0 Å². The smallest absolute Gasteiger partial charge is 0.295 e. The topological polar surface area (TPSA) is 71.4 Å². The van der Waals surface area contributed by atoms with Crippen LogP contribution in [0.5, 0.6) is 0 Å². The Kier molecular flexibility index (Phi) is 3.27. The van der Waals surface area contributed by atoms with Crippen molar-refractivity contribution in [1.82, 2.24) is 0 Å². The lowest BCUT2D eigenvalue weighted by Crippen LogP contribution is -2.03. The van der Waals surface area contributed by atoms with E-state index in [0.717, 1.165) is 0 Å². The number of benzene rings is 2. The van der Waals surface area contributed by atoms with Crippen molar-refractivity contribution in [3.05, 3.63) is 54.1 Å². The number of hydrogen-bond donors (Lipinski definition) is 1. The molecule has 0 saturated heterocycles. The molecule has 0 aliphatic rings. The van der Waals surface area contributed by atoms with E-state index in [4.69, 9.17) is 0 Å². The largest absolute Gasteiger partial charge is 0.298 e. The first-order chi connectivity index (χ1) is 8.54. The molecule has 18 heavy (non-hydrogen) atoms. The van der Waals surface area contributed by atoms with Gasteiger partial charge in [-0.3, -0.25) is 9.35 Å². The minimum Gasteiger partial charge on any atom is -0.298 e. The highest BCUT2D eigenvalue weighted by molar-refractivity contribution is 7.86. The van der Waals surface area contributed by atoms with Gasteiger partial charge in [0.2, 0.25) is 0 Å². The third kappa shape index (κ3) is 2.32. The Balaban J connectivity index is 2.83. The molecule has 0 fully saturated rings. The van der Waals surface area contributed by atoms with Crippen molar-refractivity contribution in [3.8, 4) is 11.1 Å². The van der Waals surface area contributed by atoms with Crippen molar-refractivity contribution < 1.29 is 17.8 Å². The molecule has 5 heteroatoms. The van der Waals surface area contributed by atoms with Crippen molar-refractivity contribution in [2.75, 3.05) is 0 Å². The van der Waals surface area contributed by atoms with E-state index >= 15 is 0 Å². The van der Waals surface area contributed by atoms with Gasteiger partial charge in [0.1, 0.15) is 4.90 Å². The van der Waals surface area contributed by atoms with Crippen LogP contribution in [-0.4, -0.2) is 19.3 Å². The second kappa shape index (κ2) is 4.72. The Hall–Kier alpha value is -1.98. The van der Waals surface area contributed by atoms with E-state index in [1.165, 1.54) is 18.2 Å². The summed E-state index contributed by atoms with van der Waals surface area (Å²) in [5.41, 5.74) is 1.000. The molecule has 0 aliphatic carbocycles. The molecule has 0 heterocycles. The van der Waals surface area contributed by atoms with Crippen LogP contribution in [0.2, 0.25) is 0 Å². The maximum absolute atomic E-state index is 11.3. The fourth-order valence-electron chi connectivity index (χ4n) is 1.78. The molecule has 0 aliphatic heterocycles. The average molecular weight is 262 g/mol. The van der Waals surface area contributed by atoms with Crippen molar-refractivity contribution in [2.45, 2.75) is 4.90 Å². The van der Waals surface area contributed by atoms with Crippen LogP contribution in [0.25, 0.3) is 11.1 Å². The normalized spacial score (nSPS) is 11.2. The summed E-state index contributed by atoms with van der Waals surface area (Å²) in [6, 6.07) is 12.8. The maximum Gasteiger partial charge on any atom is 0.295 e. The second-order valence-corrected chi connectivity index (χ2v) is 5.07. The van der Waals surface area contributed by atoms with Gasteiger partial charge in [0.15, 0.2) is 6.29 Å². The predicted octanol–water partition coefficient (Wildman–Crippen LogP) is 2.41. The van der Waals surface area contributed by atoms with Crippen LogP contribution in [0.15, 0.2) is 53.4 Å². The van der Waals surface area contributed by atoms with Gasteiger partial charge in [-0.2, -0.15) is 8.42 Å². The molecule has 92 valence electrons. The van der Waals surface area contributed by atoms with E-state index in [1.807, 2.05) is 0 Å². The number of rotatable bonds is 3. The summed E-state index contributed by atoms with van der Waals surface area (Å²) in [6.07, 6.45) is 0.566. The maximum atomic E-state index is 11.3. The minimum atomic E-state index is -4.37. The first-order valence-corrected chi connectivity index (χ1v) is 6.59. The fraction of sp³-hybridized carbons (Fsp3) is 0. The molecular weight excluding hydrogens is 252 g/mol. The third-order valence-electron chi connectivity index (χ3n) is 2.53. The number of carbonyl (C=O) groups excluding carboxylic acids is 1. The van der Waals surface area contributed by atoms with Crippen LogP contribution in [-0.2, 0) is 10.1 Å². The summed E-state index contributed by atoms with van der Waals surface area (Å²) in [5.74, 6) is 0. The highest BCUT2D eigenvalue weighted by Crippen LogP contribution is 2.29. The third-order valence-corrected chi connectivity index (χ3v) is 3.42. The second-order valence-electron chi connectivity index (χ2n) is 3.68. The van der Waals surface area contributed by atoms with Gasteiger partial charge in [0.25, 0.3) is 10.1 Å². The lowest BCUT2D eigenvalue weighted by Gasteiger charge is -2.09. The van der Waals surface area contributed by atoms with Crippen molar-refractivity contribution in [2.24, 2.45) is 0 Å². The van der Waals surface area contributed by atoms with Crippen molar-refractivity contribution in [3.63, 3.8) is 0 Å². The fourth-order valence-corrected chi connectivity index (χ4v) is 2.52. The minimum absolute atomic E-state index is 0.218. The monoisotopic (exact) mass is 262 g/mol. The van der Waals surface area contributed by atoms with Crippen LogP contribution in [0, 0.1) is 0 Å². The highest BCUT2D eigenvalue weighted by atomic mass is 32.2. The van der Waals surface area contributed by atoms with Gasteiger partial charge in [-0.1, -0.05) is 42.5 Å². The molecule has 0 saturated carbocycles. The lowest BCUT2D eigenvalue weighted by molar-refractivity contribution is 0.112. The van der Waals surface area contributed by atoms with Crippen LogP contribution in [0.4, 0.5) is 0 Å². The van der Waals surface area contributed by atoms with Crippen molar-refractivity contribution >= 4 is 16.4 Å². The number of hydrogen-bond acceptors (Lipinski definition) is 3. The molecule has 0 aromatic heterocycles. The molecule has 0 atom stereocenters. The van der Waals surface area contributed by atoms with Crippen LogP contribution in [0.1, 0.15) is 10.4 Å². The molecule has 2 aromatic rings. The number of aldehydes is 1. The molecule has 1 N–H and O–H groups in total. The summed E-state index contributed by atoms with van der Waals surface area (Å²) in [7, 11) is -4.37. The summed E-state index contributed by atoms with van der Waals surface area (Å²) >= 11 is 0. The molecule has 2 rings (SSSR count). The molecule has 4 nitrogen and oxygen atoms in total. The summed E-state index contributed by atoms with van der Waals surface area (Å²) < 4.78 is 31.9. The molecule has 0 bridgehead atoms. The summed E-state index contributed by atoms with van der Waals surface area (Å²) in [5, 5.41) is 0. The standard InChI is InChI=1S/C13H10O4S/c14-9-11-7-4-8-12(18(15,16)17)13(11)10-5-2-1-3-6-10/h1-9H,(H,15,16,17). The molecule has 0 spiro atoms. The first-order valence-electron chi connectivity index (χ1n) is 5.15. The molecule has 0 unspecified atom stereocenters. The zero-order valence-corrected chi connectivity index (χ0v) is 10.1. The summed E-state index contributed by atoms with van der Waals surface area (Å²) in [4.78, 5) is 10.7. The SMILES string of the molecule is O=Cc1cccc(S(=O)(=O)O)c1-c1ccccc1. The van der Waals surface area contributed by atoms with Crippen LogP contribution in [0.3, 0.4) is 0 Å². The Labute approximate surface area is 105 Å². The molecule has 2 aromatic carbocycles. The zero-order chi connectivity index (χ0) is 13.2. The molecule has 0 radical (unpaired) electrons. The quantitative estimate of drug-likeness (QED) is 0.681. The predicted molar refractivity (Wildman–Crippen MR) is 67.1 cm³/mol. The molecular formula is C13H10O4S. The van der Waals surface area contributed by atoms with E-state index < -0.39 is 10.1 Å². The Morgan fingerprint density at radius 3 is 2.17 bits per heavy atom. The lowest BCUT2D eigenvalue weighted by atomic mass is 10.0. The van der Waals surface area contributed by atoms with Gasteiger partial charge >= 0.3 is 0 Å². The highest BCUT2D eigenvalue weighted by Gasteiger charge is 2.19. The van der Waals surface area contributed by atoms with Gasteiger partial charge < -0.3 is 0 Å². The Morgan fingerprint density at radius 1 is 0.944 bits per heavy atom. The summed E-state index contributed by atoms with van der Waals surface area (Å²) in [6.45, 7) is 0. The van der Waals surface area contributed by atoms with E-state index in [2.05, 4.69) is 0 Å². The first kappa shape index (κ1) is 12.5. The van der Waals surface area contributed by atoms with E-state index in [1.54, 1.807) is 30.3 Å². The van der Waals surface area contributed by atoms with Crippen LogP contribution < -0.4 is 0 Å². The van der Waals surface area contributed by atoms with Crippen molar-refractivity contribution in [1.29, 1.82) is 0 Å². The Morgan fingerprint density at radius 2 is 1.61 bits per heavy atom. The van der Waals surface area contributed by atoms with Crippen LogP contribution >= 0.6 is 0 Å². The molecule has 0 amide bonds. The van der Waals surface area contributed by atoms with Gasteiger partial charge in [-0.05, 0) is 11.6 Å². The van der Waals surface area contributed by atoms with Gasteiger partial charge in [-0.15, -0.1) is 0 Å². The Bertz CT molecular complexity index is 675. The van der Waals surface area contributed by atoms with E-state index in [9.17, 15) is 17.8 Å². The van der Waals surface area contributed by atoms with Gasteiger partial charge in [0, 0.05) is 11.1 Å². The van der Waals surface area contributed by atoms with Gasteiger partial charge in [-0.25, -0.2) is 0 Å². The zero-order valence-electron chi connectivity index (χ0n) is 9.28.